The quantitative estimate of drug-likeness (QED) is 0.868. The Labute approximate surface area is 111 Å². The summed E-state index contributed by atoms with van der Waals surface area (Å²) in [4.78, 5) is 22.7. The van der Waals surface area contributed by atoms with Crippen LogP contribution in [-0.4, -0.2) is 26.8 Å². The molecule has 19 heavy (non-hydrogen) atoms. The Morgan fingerprint density at radius 1 is 1.37 bits per heavy atom. The van der Waals surface area contributed by atoms with Crippen LogP contribution in [0.5, 0.6) is 0 Å². The first-order valence-electron chi connectivity index (χ1n) is 6.42. The van der Waals surface area contributed by atoms with Gasteiger partial charge in [0.1, 0.15) is 0 Å². The smallest absolute Gasteiger partial charge is 0.307 e. The zero-order valence-electron chi connectivity index (χ0n) is 11.6. The molecular weight excluding hydrogens is 246 g/mol. The Balaban J connectivity index is 2.12. The summed E-state index contributed by atoms with van der Waals surface area (Å²) in [6, 6.07) is 0.219. The average Bonchev–Trinajstić information content (AvgIpc) is 3.06. The maximum Gasteiger partial charge on any atom is 0.307 e. The van der Waals surface area contributed by atoms with Gasteiger partial charge in [0, 0.05) is 6.04 Å². The van der Waals surface area contributed by atoms with Crippen LogP contribution >= 0.6 is 0 Å². The SMILES string of the molecule is Cc1nn(C(C)C)c(C)c1NC(=O)C1CC1C(=O)O. The van der Waals surface area contributed by atoms with Gasteiger partial charge in [0.05, 0.1) is 28.9 Å². The van der Waals surface area contributed by atoms with E-state index in [0.717, 1.165) is 11.4 Å². The number of carbonyl (C=O) groups excluding carboxylic acids is 1. The Morgan fingerprint density at radius 3 is 2.42 bits per heavy atom. The molecule has 104 valence electrons. The van der Waals surface area contributed by atoms with Gasteiger partial charge in [-0.2, -0.15) is 5.10 Å². The first-order valence-corrected chi connectivity index (χ1v) is 6.42. The van der Waals surface area contributed by atoms with E-state index in [1.807, 2.05) is 32.4 Å². The van der Waals surface area contributed by atoms with Crippen LogP contribution in [0, 0.1) is 25.7 Å². The summed E-state index contributed by atoms with van der Waals surface area (Å²) in [5.41, 5.74) is 2.36. The van der Waals surface area contributed by atoms with Crippen LogP contribution in [0.15, 0.2) is 0 Å². The molecule has 0 aliphatic heterocycles. The molecule has 1 aliphatic carbocycles. The average molecular weight is 265 g/mol. The molecule has 1 aromatic rings. The molecule has 1 aromatic heterocycles. The summed E-state index contributed by atoms with van der Waals surface area (Å²) < 4.78 is 1.85. The summed E-state index contributed by atoms with van der Waals surface area (Å²) in [5.74, 6) is -2.05. The van der Waals surface area contributed by atoms with E-state index < -0.39 is 17.8 Å². The molecule has 1 fully saturated rings. The second kappa shape index (κ2) is 4.68. The molecule has 6 nitrogen and oxygen atoms in total. The zero-order valence-corrected chi connectivity index (χ0v) is 11.6. The highest BCUT2D eigenvalue weighted by Crippen LogP contribution is 2.39. The van der Waals surface area contributed by atoms with E-state index in [1.54, 1.807) is 0 Å². The number of nitrogens with one attached hydrogen (secondary N) is 1. The van der Waals surface area contributed by atoms with Crippen LogP contribution < -0.4 is 5.32 Å². The fourth-order valence-corrected chi connectivity index (χ4v) is 2.32. The van der Waals surface area contributed by atoms with Crippen molar-refractivity contribution in [1.29, 1.82) is 0 Å². The molecule has 0 saturated heterocycles. The molecular formula is C13H19N3O3. The first kappa shape index (κ1) is 13.6. The topological polar surface area (TPSA) is 84.2 Å². The minimum atomic E-state index is -0.897. The van der Waals surface area contributed by atoms with E-state index in [4.69, 9.17) is 5.11 Å². The fraction of sp³-hybridized carbons (Fsp3) is 0.615. The summed E-state index contributed by atoms with van der Waals surface area (Å²) in [7, 11) is 0. The molecule has 1 aliphatic rings. The van der Waals surface area contributed by atoms with Crippen LogP contribution in [0.4, 0.5) is 5.69 Å². The van der Waals surface area contributed by atoms with Crippen molar-refractivity contribution in [2.24, 2.45) is 11.8 Å². The minimum Gasteiger partial charge on any atom is -0.481 e. The third-order valence-electron chi connectivity index (χ3n) is 3.51. The highest BCUT2D eigenvalue weighted by atomic mass is 16.4. The number of carboxylic acid groups (broad SMARTS) is 1. The van der Waals surface area contributed by atoms with Crippen molar-refractivity contribution in [3.05, 3.63) is 11.4 Å². The lowest BCUT2D eigenvalue weighted by Crippen LogP contribution is -2.17. The predicted molar refractivity (Wildman–Crippen MR) is 69.9 cm³/mol. The third kappa shape index (κ3) is 2.47. The standard InChI is InChI=1S/C13H19N3O3/c1-6(2)16-8(4)11(7(3)15-16)14-12(17)9-5-10(9)13(18)19/h6,9-10H,5H2,1-4H3,(H,14,17)(H,18,19). The molecule has 1 saturated carbocycles. The molecule has 2 rings (SSSR count). The van der Waals surface area contributed by atoms with Crippen molar-refractivity contribution in [3.8, 4) is 0 Å². The Bertz CT molecular complexity index is 533. The van der Waals surface area contributed by atoms with E-state index in [2.05, 4.69) is 10.4 Å². The van der Waals surface area contributed by atoms with Gasteiger partial charge in [-0.05, 0) is 34.1 Å². The van der Waals surface area contributed by atoms with Gasteiger partial charge in [-0.25, -0.2) is 0 Å². The summed E-state index contributed by atoms with van der Waals surface area (Å²) in [6.07, 6.45) is 0.428. The number of amides is 1. The van der Waals surface area contributed by atoms with Crippen molar-refractivity contribution < 1.29 is 14.7 Å². The summed E-state index contributed by atoms with van der Waals surface area (Å²) in [5, 5.41) is 16.0. The highest BCUT2D eigenvalue weighted by Gasteiger charge is 2.48. The number of nitrogens with zero attached hydrogens (tertiary/aromatic N) is 2. The van der Waals surface area contributed by atoms with Crippen LogP contribution in [0.2, 0.25) is 0 Å². The molecule has 6 heteroatoms. The summed E-state index contributed by atoms with van der Waals surface area (Å²) >= 11 is 0. The second-order valence-corrected chi connectivity index (χ2v) is 5.36. The molecule has 1 heterocycles. The number of carboxylic acids is 1. The number of rotatable bonds is 4. The maximum absolute atomic E-state index is 12.0. The maximum atomic E-state index is 12.0. The van der Waals surface area contributed by atoms with Gasteiger partial charge in [0.2, 0.25) is 5.91 Å². The number of aromatic nitrogens is 2. The minimum absolute atomic E-state index is 0.219. The Kier molecular flexibility index (Phi) is 3.34. The van der Waals surface area contributed by atoms with Gasteiger partial charge in [-0.15, -0.1) is 0 Å². The summed E-state index contributed by atoms with van der Waals surface area (Å²) in [6.45, 7) is 7.78. The Morgan fingerprint density at radius 2 is 2.00 bits per heavy atom. The van der Waals surface area contributed by atoms with Gasteiger partial charge >= 0.3 is 5.97 Å². The highest BCUT2D eigenvalue weighted by molar-refractivity contribution is 5.98. The van der Waals surface area contributed by atoms with Crippen molar-refractivity contribution in [2.45, 2.75) is 40.2 Å². The van der Waals surface area contributed by atoms with E-state index in [1.165, 1.54) is 0 Å². The van der Waals surface area contributed by atoms with Crippen molar-refractivity contribution >= 4 is 17.6 Å². The number of carbonyl (C=O) groups is 2. The predicted octanol–water partition coefficient (Wildman–Crippen LogP) is 1.74. The lowest BCUT2D eigenvalue weighted by molar-refractivity contribution is -0.139. The largest absolute Gasteiger partial charge is 0.481 e. The van der Waals surface area contributed by atoms with E-state index in [-0.39, 0.29) is 11.9 Å². The van der Waals surface area contributed by atoms with Crippen LogP contribution in [0.1, 0.15) is 37.7 Å². The molecule has 0 bridgehead atoms. The second-order valence-electron chi connectivity index (χ2n) is 5.36. The third-order valence-corrected chi connectivity index (χ3v) is 3.51. The van der Waals surface area contributed by atoms with E-state index in [0.29, 0.717) is 12.1 Å². The monoisotopic (exact) mass is 265 g/mol. The van der Waals surface area contributed by atoms with Crippen LogP contribution in [0.3, 0.4) is 0 Å². The number of hydrogen-bond acceptors (Lipinski definition) is 3. The van der Waals surface area contributed by atoms with Crippen molar-refractivity contribution in [2.75, 3.05) is 5.32 Å². The molecule has 2 N–H and O–H groups in total. The van der Waals surface area contributed by atoms with Crippen LogP contribution in [-0.2, 0) is 9.59 Å². The lowest BCUT2D eigenvalue weighted by atomic mass is 10.2. The van der Waals surface area contributed by atoms with E-state index >= 15 is 0 Å². The zero-order chi connectivity index (χ0) is 14.3. The van der Waals surface area contributed by atoms with Gasteiger partial charge in [0.15, 0.2) is 0 Å². The molecule has 0 aromatic carbocycles. The molecule has 2 atom stereocenters. The number of aliphatic carboxylic acids is 1. The molecule has 0 radical (unpaired) electrons. The molecule has 2 unspecified atom stereocenters. The lowest BCUT2D eigenvalue weighted by Gasteiger charge is -2.09. The van der Waals surface area contributed by atoms with Gasteiger partial charge in [0.25, 0.3) is 0 Å². The number of hydrogen-bond donors (Lipinski definition) is 2. The van der Waals surface area contributed by atoms with Crippen molar-refractivity contribution in [3.63, 3.8) is 0 Å². The van der Waals surface area contributed by atoms with Gasteiger partial charge in [-0.1, -0.05) is 0 Å². The number of aryl methyl sites for hydroxylation is 1. The van der Waals surface area contributed by atoms with E-state index in [9.17, 15) is 9.59 Å². The van der Waals surface area contributed by atoms with Crippen molar-refractivity contribution in [1.82, 2.24) is 9.78 Å². The fourth-order valence-electron chi connectivity index (χ4n) is 2.32. The molecule has 0 spiro atoms. The molecule has 1 amide bonds. The van der Waals surface area contributed by atoms with Gasteiger partial charge in [-0.3, -0.25) is 14.3 Å². The van der Waals surface area contributed by atoms with Crippen LogP contribution in [0.25, 0.3) is 0 Å². The first-order chi connectivity index (χ1) is 8.82. The van der Waals surface area contributed by atoms with Gasteiger partial charge < -0.3 is 10.4 Å². The normalized spacial score (nSPS) is 21.5. The number of anilines is 1. The Hall–Kier alpha value is -1.85.